The lowest BCUT2D eigenvalue weighted by Gasteiger charge is -2.12. The van der Waals surface area contributed by atoms with Crippen LogP contribution in [0.5, 0.6) is 0 Å². The van der Waals surface area contributed by atoms with Crippen molar-refractivity contribution >= 4 is 21.9 Å². The number of nitrogens with zero attached hydrogens (tertiary/aromatic N) is 1. The molecule has 0 spiro atoms. The summed E-state index contributed by atoms with van der Waals surface area (Å²) in [4.78, 5) is 11.4. The van der Waals surface area contributed by atoms with Crippen LogP contribution >= 0.6 is 15.9 Å². The highest BCUT2D eigenvalue weighted by molar-refractivity contribution is 9.10. The number of benzene rings is 1. The Bertz CT molecular complexity index is 520. The maximum absolute atomic E-state index is 12.7. The summed E-state index contributed by atoms with van der Waals surface area (Å²) in [5, 5.41) is 8.75. The highest BCUT2D eigenvalue weighted by Crippen LogP contribution is 2.37. The minimum Gasteiger partial charge on any atom is -0.462 e. The Labute approximate surface area is 109 Å². The van der Waals surface area contributed by atoms with Gasteiger partial charge in [-0.2, -0.15) is 18.4 Å². The molecule has 0 aromatic heterocycles. The van der Waals surface area contributed by atoms with Crippen molar-refractivity contribution in [1.82, 2.24) is 0 Å². The van der Waals surface area contributed by atoms with Gasteiger partial charge in [-0.05, 0) is 35.0 Å². The van der Waals surface area contributed by atoms with Gasteiger partial charge in [0.2, 0.25) is 0 Å². The number of rotatable bonds is 2. The lowest BCUT2D eigenvalue weighted by Crippen LogP contribution is -2.11. The SMILES string of the molecule is CCOC(=O)c1cc(C#N)c(Br)c(C(F)(F)F)c1. The third-order valence-electron chi connectivity index (χ3n) is 2.01. The van der Waals surface area contributed by atoms with Gasteiger partial charge in [-0.3, -0.25) is 0 Å². The second kappa shape index (κ2) is 5.40. The van der Waals surface area contributed by atoms with Crippen molar-refractivity contribution < 1.29 is 22.7 Å². The molecule has 0 aliphatic heterocycles. The summed E-state index contributed by atoms with van der Waals surface area (Å²) in [7, 11) is 0. The van der Waals surface area contributed by atoms with E-state index in [0.717, 1.165) is 6.07 Å². The molecule has 0 amide bonds. The van der Waals surface area contributed by atoms with Gasteiger partial charge >= 0.3 is 12.1 Å². The third-order valence-corrected chi connectivity index (χ3v) is 2.86. The molecular weight excluding hydrogens is 315 g/mol. The first-order chi connectivity index (χ1) is 8.31. The first kappa shape index (κ1) is 14.5. The van der Waals surface area contributed by atoms with Crippen molar-refractivity contribution in [3.63, 3.8) is 0 Å². The molecule has 1 rings (SSSR count). The molecule has 1 aromatic carbocycles. The molecule has 0 N–H and O–H groups in total. The Balaban J connectivity index is 3.41. The van der Waals surface area contributed by atoms with Crippen molar-refractivity contribution in [3.8, 4) is 6.07 Å². The van der Waals surface area contributed by atoms with Crippen molar-refractivity contribution in [2.75, 3.05) is 6.61 Å². The zero-order valence-corrected chi connectivity index (χ0v) is 10.7. The van der Waals surface area contributed by atoms with E-state index in [1.165, 1.54) is 6.92 Å². The Morgan fingerprint density at radius 3 is 2.56 bits per heavy atom. The molecule has 1 aromatic rings. The molecule has 0 saturated heterocycles. The molecule has 0 aliphatic rings. The first-order valence-corrected chi connectivity index (χ1v) is 5.58. The van der Waals surface area contributed by atoms with E-state index < -0.39 is 17.7 Å². The van der Waals surface area contributed by atoms with Gasteiger partial charge in [-0.1, -0.05) is 0 Å². The molecular formula is C11H7BrF3NO2. The summed E-state index contributed by atoms with van der Waals surface area (Å²) in [5.41, 5.74) is -1.65. The molecule has 18 heavy (non-hydrogen) atoms. The average molecular weight is 322 g/mol. The average Bonchev–Trinajstić information content (AvgIpc) is 2.28. The van der Waals surface area contributed by atoms with E-state index in [9.17, 15) is 18.0 Å². The second-order valence-electron chi connectivity index (χ2n) is 3.22. The van der Waals surface area contributed by atoms with E-state index in [4.69, 9.17) is 5.26 Å². The van der Waals surface area contributed by atoms with Gasteiger partial charge < -0.3 is 4.74 Å². The fourth-order valence-electron chi connectivity index (χ4n) is 1.24. The minimum atomic E-state index is -4.66. The van der Waals surface area contributed by atoms with Crippen molar-refractivity contribution in [1.29, 1.82) is 5.26 Å². The van der Waals surface area contributed by atoms with Crippen LogP contribution in [0.15, 0.2) is 16.6 Å². The summed E-state index contributed by atoms with van der Waals surface area (Å²) in [6, 6.07) is 3.30. The van der Waals surface area contributed by atoms with E-state index in [1.807, 2.05) is 0 Å². The van der Waals surface area contributed by atoms with Crippen LogP contribution in [0.25, 0.3) is 0 Å². The molecule has 0 saturated carbocycles. The summed E-state index contributed by atoms with van der Waals surface area (Å²) in [5.74, 6) is -0.896. The van der Waals surface area contributed by atoms with Gasteiger partial charge in [0.15, 0.2) is 0 Å². The number of hydrogen-bond acceptors (Lipinski definition) is 3. The minimum absolute atomic E-state index is 0.0398. The zero-order valence-electron chi connectivity index (χ0n) is 9.14. The molecule has 96 valence electrons. The Kier molecular flexibility index (Phi) is 4.35. The lowest BCUT2D eigenvalue weighted by atomic mass is 10.1. The van der Waals surface area contributed by atoms with Crippen LogP contribution in [-0.4, -0.2) is 12.6 Å². The van der Waals surface area contributed by atoms with Crippen LogP contribution in [0.4, 0.5) is 13.2 Å². The van der Waals surface area contributed by atoms with Gasteiger partial charge in [-0.25, -0.2) is 4.79 Å². The molecule has 0 fully saturated rings. The molecule has 0 bridgehead atoms. The van der Waals surface area contributed by atoms with E-state index in [0.29, 0.717) is 6.07 Å². The van der Waals surface area contributed by atoms with Crippen LogP contribution in [0.1, 0.15) is 28.4 Å². The standard InChI is InChI=1S/C11H7BrF3NO2/c1-2-18-10(17)6-3-7(5-16)9(12)8(4-6)11(13,14)15/h3-4H,2H2,1H3. The summed E-state index contributed by atoms with van der Waals surface area (Å²) in [6.45, 7) is 1.57. The van der Waals surface area contributed by atoms with Crippen LogP contribution in [-0.2, 0) is 10.9 Å². The number of nitriles is 1. The highest BCUT2D eigenvalue weighted by Gasteiger charge is 2.35. The molecule has 0 radical (unpaired) electrons. The van der Waals surface area contributed by atoms with Crippen molar-refractivity contribution in [2.45, 2.75) is 13.1 Å². The van der Waals surface area contributed by atoms with Gasteiger partial charge in [0.05, 0.1) is 23.3 Å². The fraction of sp³-hybridized carbons (Fsp3) is 0.273. The number of carbonyl (C=O) groups excluding carboxylic acids is 1. The Hall–Kier alpha value is -1.55. The van der Waals surface area contributed by atoms with Crippen LogP contribution < -0.4 is 0 Å². The van der Waals surface area contributed by atoms with E-state index in [-0.39, 0.29) is 22.2 Å². The van der Waals surface area contributed by atoms with E-state index >= 15 is 0 Å². The number of carbonyl (C=O) groups is 1. The zero-order chi connectivity index (χ0) is 13.9. The molecule has 0 unspecified atom stereocenters. The number of halogens is 4. The van der Waals surface area contributed by atoms with E-state index in [1.54, 1.807) is 6.07 Å². The van der Waals surface area contributed by atoms with Crippen LogP contribution in [0.3, 0.4) is 0 Å². The molecule has 0 heterocycles. The predicted octanol–water partition coefficient (Wildman–Crippen LogP) is 3.52. The number of hydrogen-bond donors (Lipinski definition) is 0. The summed E-state index contributed by atoms with van der Waals surface area (Å²) >= 11 is 2.70. The molecule has 0 atom stereocenters. The van der Waals surface area contributed by atoms with Gasteiger partial charge in [-0.15, -0.1) is 0 Å². The normalized spacial score (nSPS) is 10.9. The molecule has 3 nitrogen and oxygen atoms in total. The number of ether oxygens (including phenoxy) is 1. The Morgan fingerprint density at radius 2 is 2.11 bits per heavy atom. The monoisotopic (exact) mass is 321 g/mol. The number of esters is 1. The van der Waals surface area contributed by atoms with E-state index in [2.05, 4.69) is 20.7 Å². The quantitative estimate of drug-likeness (QED) is 0.783. The fourth-order valence-corrected chi connectivity index (χ4v) is 1.79. The highest BCUT2D eigenvalue weighted by atomic mass is 79.9. The largest absolute Gasteiger partial charge is 0.462 e. The van der Waals surface area contributed by atoms with Gasteiger partial charge in [0, 0.05) is 4.47 Å². The summed E-state index contributed by atoms with van der Waals surface area (Å²) < 4.78 is 42.3. The topological polar surface area (TPSA) is 50.1 Å². The summed E-state index contributed by atoms with van der Waals surface area (Å²) in [6.07, 6.45) is -4.66. The lowest BCUT2D eigenvalue weighted by molar-refractivity contribution is -0.138. The van der Waals surface area contributed by atoms with Crippen molar-refractivity contribution in [3.05, 3.63) is 33.3 Å². The smallest absolute Gasteiger partial charge is 0.417 e. The Morgan fingerprint density at radius 1 is 1.50 bits per heavy atom. The van der Waals surface area contributed by atoms with Crippen molar-refractivity contribution in [2.24, 2.45) is 0 Å². The maximum atomic E-state index is 12.7. The second-order valence-corrected chi connectivity index (χ2v) is 4.01. The molecule has 7 heteroatoms. The van der Waals surface area contributed by atoms with Crippen LogP contribution in [0.2, 0.25) is 0 Å². The van der Waals surface area contributed by atoms with Crippen LogP contribution in [0, 0.1) is 11.3 Å². The molecule has 0 aliphatic carbocycles. The van der Waals surface area contributed by atoms with Gasteiger partial charge in [0.25, 0.3) is 0 Å². The predicted molar refractivity (Wildman–Crippen MR) is 59.8 cm³/mol. The van der Waals surface area contributed by atoms with Gasteiger partial charge in [0.1, 0.15) is 6.07 Å². The maximum Gasteiger partial charge on any atom is 0.417 e. The first-order valence-electron chi connectivity index (χ1n) is 4.79. The third kappa shape index (κ3) is 3.01. The number of alkyl halides is 3.